The topological polar surface area (TPSA) is 108 Å². The summed E-state index contributed by atoms with van der Waals surface area (Å²) in [6, 6.07) is 0.0410. The van der Waals surface area contributed by atoms with Crippen LogP contribution >= 0.6 is 0 Å². The average Bonchev–Trinajstić information content (AvgIpc) is 3.38. The van der Waals surface area contributed by atoms with E-state index in [1.165, 1.54) is 0 Å². The van der Waals surface area contributed by atoms with Crippen molar-refractivity contribution >= 4 is 24.0 Å². The second-order valence-corrected chi connectivity index (χ2v) is 8.99. The second-order valence-electron chi connectivity index (χ2n) is 8.99. The molecule has 1 fully saturated rings. The van der Waals surface area contributed by atoms with Crippen LogP contribution in [0.25, 0.3) is 0 Å². The number of unbranched alkanes of at least 4 members (excludes halogenated alkanes) is 1. The van der Waals surface area contributed by atoms with Crippen molar-refractivity contribution < 1.29 is 14.3 Å². The van der Waals surface area contributed by atoms with E-state index in [2.05, 4.69) is 28.0 Å². The molecule has 0 spiro atoms. The van der Waals surface area contributed by atoms with Crippen LogP contribution in [0.2, 0.25) is 0 Å². The highest BCUT2D eigenvalue weighted by Gasteiger charge is 2.34. The molecule has 0 aromatic carbocycles. The van der Waals surface area contributed by atoms with Gasteiger partial charge >= 0.3 is 6.09 Å². The van der Waals surface area contributed by atoms with Crippen molar-refractivity contribution in [2.24, 2.45) is 5.10 Å². The number of alkyl carbamates (subject to hydrolysis) is 1. The highest BCUT2D eigenvalue weighted by molar-refractivity contribution is 6.01. The monoisotopic (exact) mass is 442 g/mol. The number of ether oxygens (including phenoxy) is 1. The van der Waals surface area contributed by atoms with Gasteiger partial charge in [-0.15, -0.1) is 0 Å². The molecule has 1 saturated carbocycles. The number of nitrogens with one attached hydrogen (secondary N) is 3. The molecule has 2 aliphatic heterocycles. The molecule has 1 aliphatic carbocycles. The number of fused-ring (bicyclic) bond motifs is 1. The van der Waals surface area contributed by atoms with Crippen LogP contribution < -0.4 is 16.0 Å². The number of amides is 2. The fraction of sp³-hybridized carbons (Fsp3) is 0.652. The van der Waals surface area contributed by atoms with Gasteiger partial charge in [0.25, 0.3) is 5.91 Å². The van der Waals surface area contributed by atoms with Crippen LogP contribution in [-0.4, -0.2) is 60.5 Å². The van der Waals surface area contributed by atoms with Gasteiger partial charge in [0.2, 0.25) is 0 Å². The van der Waals surface area contributed by atoms with Gasteiger partial charge in [0.15, 0.2) is 0 Å². The number of hydrazone groups is 1. The zero-order valence-corrected chi connectivity index (χ0v) is 19.2. The van der Waals surface area contributed by atoms with Crippen molar-refractivity contribution in [1.29, 1.82) is 0 Å². The summed E-state index contributed by atoms with van der Waals surface area (Å²) in [6.07, 6.45) is 7.39. The Bertz CT molecular complexity index is 902. The van der Waals surface area contributed by atoms with Gasteiger partial charge in [-0.3, -0.25) is 9.80 Å². The van der Waals surface area contributed by atoms with Crippen LogP contribution in [0.3, 0.4) is 0 Å². The number of hydrogen-bond acceptors (Lipinski definition) is 7. The van der Waals surface area contributed by atoms with Gasteiger partial charge in [0, 0.05) is 32.4 Å². The Morgan fingerprint density at radius 1 is 1.31 bits per heavy atom. The van der Waals surface area contributed by atoms with Crippen LogP contribution in [0, 0.1) is 6.92 Å². The maximum atomic E-state index is 12.6. The Labute approximate surface area is 189 Å². The summed E-state index contributed by atoms with van der Waals surface area (Å²) >= 11 is 0. The van der Waals surface area contributed by atoms with Gasteiger partial charge < -0.3 is 20.7 Å². The number of hydrogen-bond donors (Lipinski definition) is 3. The van der Waals surface area contributed by atoms with Gasteiger partial charge in [0.05, 0.1) is 29.8 Å². The predicted octanol–water partition coefficient (Wildman–Crippen LogP) is 2.90. The highest BCUT2D eigenvalue weighted by atomic mass is 16.5. The third-order valence-electron chi connectivity index (χ3n) is 6.63. The van der Waals surface area contributed by atoms with Crippen LogP contribution in [0.15, 0.2) is 5.10 Å². The Balaban J connectivity index is 1.55. The van der Waals surface area contributed by atoms with Crippen molar-refractivity contribution in [2.75, 3.05) is 25.5 Å². The molecule has 0 radical (unpaired) electrons. The molecule has 32 heavy (non-hydrogen) atoms. The Morgan fingerprint density at radius 3 is 2.81 bits per heavy atom. The maximum Gasteiger partial charge on any atom is 0.407 e. The fourth-order valence-electron chi connectivity index (χ4n) is 4.77. The zero-order chi connectivity index (χ0) is 22.7. The van der Waals surface area contributed by atoms with E-state index in [1.54, 1.807) is 0 Å². The molecule has 0 saturated heterocycles. The molecule has 3 N–H and O–H groups in total. The number of pyridine rings is 1. The lowest BCUT2D eigenvalue weighted by molar-refractivity contribution is 0.0964. The first-order valence-corrected chi connectivity index (χ1v) is 11.7. The number of aromatic nitrogens is 1. The summed E-state index contributed by atoms with van der Waals surface area (Å²) in [5.41, 5.74) is 3.46. The molecule has 4 rings (SSSR count). The molecule has 174 valence electrons. The quantitative estimate of drug-likeness (QED) is 0.561. The molecule has 0 bridgehead atoms. The lowest BCUT2D eigenvalue weighted by Crippen LogP contribution is -2.49. The van der Waals surface area contributed by atoms with Crippen LogP contribution in [-0.2, 0) is 11.3 Å². The minimum absolute atomic E-state index is 0.0188. The average molecular weight is 443 g/mol. The normalized spacial score (nSPS) is 24.3. The number of carbonyl (C=O) groups is 2. The highest BCUT2D eigenvalue weighted by Crippen LogP contribution is 2.33. The van der Waals surface area contributed by atoms with Crippen molar-refractivity contribution in [1.82, 2.24) is 20.6 Å². The Morgan fingerprint density at radius 2 is 2.09 bits per heavy atom. The van der Waals surface area contributed by atoms with E-state index in [0.29, 0.717) is 25.3 Å². The van der Waals surface area contributed by atoms with Crippen LogP contribution in [0.1, 0.15) is 78.5 Å². The lowest BCUT2D eigenvalue weighted by atomic mass is 9.90. The number of likely N-dealkylation sites (N-methyl/N-ethyl adjacent to an activating group) is 1. The van der Waals surface area contributed by atoms with Gasteiger partial charge in [-0.05, 0) is 37.3 Å². The number of carbonyl (C=O) groups excluding carboxylic acids is 2. The van der Waals surface area contributed by atoms with Crippen molar-refractivity contribution in [3.8, 4) is 0 Å². The first-order valence-electron chi connectivity index (χ1n) is 11.7. The third kappa shape index (κ3) is 4.66. The molecule has 3 aliphatic rings. The molecule has 9 heteroatoms. The SMILES string of the molecule is CCCCOC(=O)N[C@H]1CCCC[C@H]1Nc1nc(C2C=NN(C)C2)c2c(c1C)CNC2=O. The molecule has 9 nitrogen and oxygen atoms in total. The molecular formula is C23H34N6O3. The minimum Gasteiger partial charge on any atom is -0.450 e. The van der Waals surface area contributed by atoms with Crippen molar-refractivity contribution in [3.63, 3.8) is 0 Å². The summed E-state index contributed by atoms with van der Waals surface area (Å²) in [7, 11) is 1.92. The number of anilines is 1. The maximum absolute atomic E-state index is 12.6. The fourth-order valence-corrected chi connectivity index (χ4v) is 4.77. The predicted molar refractivity (Wildman–Crippen MR) is 123 cm³/mol. The molecule has 3 heterocycles. The Kier molecular flexibility index (Phi) is 6.81. The first-order chi connectivity index (χ1) is 15.5. The van der Waals surface area contributed by atoms with E-state index in [0.717, 1.165) is 61.2 Å². The largest absolute Gasteiger partial charge is 0.450 e. The minimum atomic E-state index is -0.350. The van der Waals surface area contributed by atoms with Gasteiger partial charge in [-0.1, -0.05) is 26.2 Å². The first kappa shape index (κ1) is 22.4. The molecule has 2 amide bonds. The smallest absolute Gasteiger partial charge is 0.407 e. The van der Waals surface area contributed by atoms with Crippen molar-refractivity contribution in [2.45, 2.75) is 76.9 Å². The van der Waals surface area contributed by atoms with E-state index < -0.39 is 0 Å². The Hall–Kier alpha value is -2.84. The standard InChI is InChI=1S/C23H34N6O3/c1-4-5-10-32-23(31)27-18-9-7-6-8-17(18)26-21-14(2)16-12-24-22(30)19(16)20(28-21)15-11-25-29(3)13-15/h11,15,17-18H,4-10,12-13H2,1-3H3,(H,24,30)(H,26,28)(H,27,31)/t15?,17-,18+/m1/s1. The summed E-state index contributed by atoms with van der Waals surface area (Å²) < 4.78 is 5.32. The van der Waals surface area contributed by atoms with Crippen molar-refractivity contribution in [3.05, 3.63) is 22.4 Å². The van der Waals surface area contributed by atoms with Gasteiger partial charge in [-0.25, -0.2) is 9.78 Å². The van der Waals surface area contributed by atoms with E-state index >= 15 is 0 Å². The van der Waals surface area contributed by atoms with Crippen LogP contribution in [0.5, 0.6) is 0 Å². The van der Waals surface area contributed by atoms with E-state index in [4.69, 9.17) is 9.72 Å². The summed E-state index contributed by atoms with van der Waals surface area (Å²) in [5.74, 6) is 0.705. The molecule has 3 atom stereocenters. The third-order valence-corrected chi connectivity index (χ3v) is 6.63. The van der Waals surface area contributed by atoms with E-state index in [-0.39, 0.29) is 30.0 Å². The number of rotatable bonds is 7. The summed E-state index contributed by atoms with van der Waals surface area (Å²) in [6.45, 7) is 5.74. The second kappa shape index (κ2) is 9.75. The van der Waals surface area contributed by atoms with Gasteiger partial charge in [-0.2, -0.15) is 5.10 Å². The van der Waals surface area contributed by atoms with E-state index in [9.17, 15) is 9.59 Å². The molecular weight excluding hydrogens is 408 g/mol. The number of nitrogens with zero attached hydrogens (tertiary/aromatic N) is 3. The summed E-state index contributed by atoms with van der Waals surface area (Å²) in [4.78, 5) is 29.8. The molecule has 1 unspecified atom stereocenters. The zero-order valence-electron chi connectivity index (χ0n) is 19.2. The lowest BCUT2D eigenvalue weighted by Gasteiger charge is -2.33. The molecule has 1 aromatic rings. The van der Waals surface area contributed by atoms with E-state index in [1.807, 2.05) is 25.2 Å². The van der Waals surface area contributed by atoms with Gasteiger partial charge in [0.1, 0.15) is 5.82 Å². The molecule has 1 aromatic heterocycles. The summed E-state index contributed by atoms with van der Waals surface area (Å²) in [5, 5.41) is 15.8. The van der Waals surface area contributed by atoms with Crippen LogP contribution in [0.4, 0.5) is 10.6 Å².